The first-order valence-electron chi connectivity index (χ1n) is 8.99. The second kappa shape index (κ2) is 8.18. The van der Waals surface area contributed by atoms with Crippen LogP contribution in [0.2, 0.25) is 0 Å². The Hall–Kier alpha value is -2.61. The topological polar surface area (TPSA) is 104 Å². The molecule has 148 valence electrons. The first-order chi connectivity index (χ1) is 13.3. The van der Waals surface area contributed by atoms with Crippen molar-refractivity contribution in [2.75, 3.05) is 6.61 Å². The number of aryl methyl sites for hydroxylation is 1. The summed E-state index contributed by atoms with van der Waals surface area (Å²) in [6.07, 6.45) is 1.33. The molecule has 0 radical (unpaired) electrons. The van der Waals surface area contributed by atoms with E-state index < -0.39 is 6.09 Å². The van der Waals surface area contributed by atoms with E-state index in [2.05, 4.69) is 31.2 Å². The Morgan fingerprint density at radius 1 is 1.36 bits per heavy atom. The molecule has 2 aromatic heterocycles. The van der Waals surface area contributed by atoms with E-state index >= 15 is 0 Å². The van der Waals surface area contributed by atoms with Crippen molar-refractivity contribution in [1.29, 1.82) is 0 Å². The SMILES string of the molecule is Cc1nccc2c1c(=O)[nH]c1cc(OCC(C)CC(C)NC(=O)O)c(Br)cc12. The number of aromatic nitrogens is 2. The van der Waals surface area contributed by atoms with E-state index in [1.165, 1.54) is 0 Å². The third-order valence-corrected chi connectivity index (χ3v) is 5.25. The Labute approximate surface area is 170 Å². The number of halogens is 1. The van der Waals surface area contributed by atoms with Gasteiger partial charge < -0.3 is 20.1 Å². The maximum absolute atomic E-state index is 12.5. The lowest BCUT2D eigenvalue weighted by atomic mass is 10.0. The van der Waals surface area contributed by atoms with Crippen molar-refractivity contribution in [3.63, 3.8) is 0 Å². The molecule has 2 atom stereocenters. The maximum atomic E-state index is 12.5. The molecule has 1 amide bonds. The standard InChI is InChI=1S/C20H22BrN3O4/c1-10(6-11(2)23-20(26)27)9-28-17-8-16-14(7-15(17)21)13-4-5-22-12(3)18(13)19(25)24-16/h4-5,7-8,10-11,23H,6,9H2,1-3H3,(H,24,25)(H,26,27). The van der Waals surface area contributed by atoms with E-state index in [9.17, 15) is 9.59 Å². The predicted octanol–water partition coefficient (Wildman–Crippen LogP) is 4.21. The molecule has 0 aliphatic heterocycles. The van der Waals surface area contributed by atoms with Gasteiger partial charge in [0.1, 0.15) is 5.75 Å². The highest BCUT2D eigenvalue weighted by molar-refractivity contribution is 9.10. The summed E-state index contributed by atoms with van der Waals surface area (Å²) in [6.45, 7) is 6.07. The summed E-state index contributed by atoms with van der Waals surface area (Å²) >= 11 is 3.55. The number of carboxylic acid groups (broad SMARTS) is 1. The molecular weight excluding hydrogens is 426 g/mol. The van der Waals surface area contributed by atoms with Crippen molar-refractivity contribution in [3.05, 3.63) is 44.9 Å². The largest absolute Gasteiger partial charge is 0.492 e. The second-order valence-corrected chi connectivity index (χ2v) is 7.96. The fraction of sp³-hybridized carbons (Fsp3) is 0.350. The molecule has 3 N–H and O–H groups in total. The Bertz CT molecular complexity index is 1100. The smallest absolute Gasteiger partial charge is 0.404 e. The number of fused-ring (bicyclic) bond motifs is 3. The van der Waals surface area contributed by atoms with Crippen molar-refractivity contribution >= 4 is 43.7 Å². The molecule has 0 saturated carbocycles. The summed E-state index contributed by atoms with van der Waals surface area (Å²) in [6, 6.07) is 5.42. The molecule has 3 aromatic rings. The molecule has 0 fully saturated rings. The summed E-state index contributed by atoms with van der Waals surface area (Å²) in [5, 5.41) is 13.6. The number of H-pyrrole nitrogens is 1. The van der Waals surface area contributed by atoms with Crippen LogP contribution in [0.3, 0.4) is 0 Å². The highest BCUT2D eigenvalue weighted by Crippen LogP contribution is 2.33. The van der Waals surface area contributed by atoms with Gasteiger partial charge in [-0.25, -0.2) is 4.79 Å². The Kier molecular flexibility index (Phi) is 5.88. The summed E-state index contributed by atoms with van der Waals surface area (Å²) in [5.41, 5.74) is 1.20. The van der Waals surface area contributed by atoms with Crippen LogP contribution in [0.25, 0.3) is 21.7 Å². The fourth-order valence-electron chi connectivity index (χ4n) is 3.43. The number of hydrogen-bond donors (Lipinski definition) is 3. The van der Waals surface area contributed by atoms with E-state index in [-0.39, 0.29) is 17.5 Å². The highest BCUT2D eigenvalue weighted by atomic mass is 79.9. The number of nitrogens with zero attached hydrogens (tertiary/aromatic N) is 1. The number of benzene rings is 1. The maximum Gasteiger partial charge on any atom is 0.404 e. The van der Waals surface area contributed by atoms with Crippen molar-refractivity contribution < 1.29 is 14.6 Å². The van der Waals surface area contributed by atoms with Crippen molar-refractivity contribution in [3.8, 4) is 5.75 Å². The number of rotatable bonds is 6. The van der Waals surface area contributed by atoms with Gasteiger partial charge in [0.2, 0.25) is 0 Å². The number of aromatic amines is 1. The number of nitrogens with one attached hydrogen (secondary N) is 2. The van der Waals surface area contributed by atoms with Crippen LogP contribution in [-0.2, 0) is 0 Å². The van der Waals surface area contributed by atoms with E-state index in [4.69, 9.17) is 9.84 Å². The number of hydrogen-bond acceptors (Lipinski definition) is 4. The molecule has 0 bridgehead atoms. The van der Waals surface area contributed by atoms with Gasteiger partial charge in [0.15, 0.2) is 0 Å². The zero-order valence-corrected chi connectivity index (χ0v) is 17.5. The fourth-order valence-corrected chi connectivity index (χ4v) is 3.88. The van der Waals surface area contributed by atoms with Crippen LogP contribution in [-0.4, -0.2) is 33.8 Å². The molecule has 2 heterocycles. The normalized spacial score (nSPS) is 13.4. The van der Waals surface area contributed by atoms with E-state index in [0.29, 0.717) is 35.4 Å². The lowest BCUT2D eigenvalue weighted by molar-refractivity contribution is 0.185. The Morgan fingerprint density at radius 3 is 2.82 bits per heavy atom. The monoisotopic (exact) mass is 447 g/mol. The third kappa shape index (κ3) is 4.27. The van der Waals surface area contributed by atoms with Crippen LogP contribution in [0.4, 0.5) is 4.79 Å². The lowest BCUT2D eigenvalue weighted by Crippen LogP contribution is -2.33. The van der Waals surface area contributed by atoms with Gasteiger partial charge in [-0.05, 0) is 59.6 Å². The highest BCUT2D eigenvalue weighted by Gasteiger charge is 2.14. The summed E-state index contributed by atoms with van der Waals surface area (Å²) in [7, 11) is 0. The second-order valence-electron chi connectivity index (χ2n) is 7.10. The molecule has 1 aromatic carbocycles. The summed E-state index contributed by atoms with van der Waals surface area (Å²) in [5.74, 6) is 0.771. The number of amides is 1. The van der Waals surface area contributed by atoms with E-state index in [0.717, 1.165) is 15.2 Å². The Balaban J connectivity index is 1.85. The van der Waals surface area contributed by atoms with Gasteiger partial charge in [-0.1, -0.05) is 6.92 Å². The minimum absolute atomic E-state index is 0.147. The van der Waals surface area contributed by atoms with Crippen LogP contribution in [0, 0.1) is 12.8 Å². The lowest BCUT2D eigenvalue weighted by Gasteiger charge is -2.18. The van der Waals surface area contributed by atoms with Crippen molar-refractivity contribution in [2.24, 2.45) is 5.92 Å². The molecular formula is C20H22BrN3O4. The van der Waals surface area contributed by atoms with Crippen LogP contribution in [0.15, 0.2) is 33.7 Å². The van der Waals surface area contributed by atoms with Gasteiger partial charge in [0.05, 0.1) is 27.7 Å². The van der Waals surface area contributed by atoms with Crippen LogP contribution in [0.5, 0.6) is 5.75 Å². The quantitative estimate of drug-likeness (QED) is 0.490. The van der Waals surface area contributed by atoms with Gasteiger partial charge in [0.25, 0.3) is 5.56 Å². The van der Waals surface area contributed by atoms with Crippen molar-refractivity contribution in [1.82, 2.24) is 15.3 Å². The number of carbonyl (C=O) groups is 1. The van der Waals surface area contributed by atoms with Gasteiger partial charge in [-0.2, -0.15) is 0 Å². The molecule has 0 spiro atoms. The van der Waals surface area contributed by atoms with Gasteiger partial charge in [-0.15, -0.1) is 0 Å². The van der Waals surface area contributed by atoms with Gasteiger partial charge in [-0.3, -0.25) is 9.78 Å². The average molecular weight is 448 g/mol. The summed E-state index contributed by atoms with van der Waals surface area (Å²) in [4.78, 5) is 30.3. The molecule has 8 heteroatoms. The first-order valence-corrected chi connectivity index (χ1v) is 9.78. The molecule has 0 aliphatic carbocycles. The molecule has 0 saturated heterocycles. The van der Waals surface area contributed by atoms with E-state index in [1.807, 2.05) is 39.0 Å². The minimum atomic E-state index is -1.03. The van der Waals surface area contributed by atoms with E-state index in [1.54, 1.807) is 6.20 Å². The number of ether oxygens (including phenoxy) is 1. The molecule has 28 heavy (non-hydrogen) atoms. The molecule has 0 aliphatic rings. The minimum Gasteiger partial charge on any atom is -0.492 e. The van der Waals surface area contributed by atoms with Gasteiger partial charge >= 0.3 is 6.09 Å². The molecule has 2 unspecified atom stereocenters. The van der Waals surface area contributed by atoms with Crippen molar-refractivity contribution in [2.45, 2.75) is 33.2 Å². The first kappa shape index (κ1) is 20.1. The van der Waals surface area contributed by atoms with Gasteiger partial charge in [0, 0.05) is 23.7 Å². The third-order valence-electron chi connectivity index (χ3n) is 4.63. The Morgan fingerprint density at radius 2 is 2.11 bits per heavy atom. The molecule has 3 rings (SSSR count). The van der Waals surface area contributed by atoms with Crippen LogP contribution in [0.1, 0.15) is 26.0 Å². The molecule has 7 nitrogen and oxygen atoms in total. The summed E-state index contributed by atoms with van der Waals surface area (Å²) < 4.78 is 6.72. The zero-order chi connectivity index (χ0) is 20.4. The van der Waals surface area contributed by atoms with Crippen LogP contribution >= 0.6 is 15.9 Å². The average Bonchev–Trinajstić information content (AvgIpc) is 2.60. The number of pyridine rings is 2. The predicted molar refractivity (Wildman–Crippen MR) is 112 cm³/mol. The zero-order valence-electron chi connectivity index (χ0n) is 15.9. The van der Waals surface area contributed by atoms with Crippen LogP contribution < -0.4 is 15.6 Å².